The van der Waals surface area contributed by atoms with Gasteiger partial charge in [0.1, 0.15) is 0 Å². The number of allylic oxidation sites excluding steroid dienone is 2. The summed E-state index contributed by atoms with van der Waals surface area (Å²) in [6.45, 7) is 4.18. The van der Waals surface area contributed by atoms with E-state index in [1.54, 1.807) is 12.3 Å². The monoisotopic (exact) mass is 250 g/mol. The number of carbonyl (C=O) groups is 1. The SMILES string of the molecule is CC1(C)CC(=O)C=C(Nc2cccnc2Cl)C1. The van der Waals surface area contributed by atoms with Crippen molar-refractivity contribution in [2.75, 3.05) is 5.32 Å². The molecule has 3 nitrogen and oxygen atoms in total. The Balaban J connectivity index is 2.20. The van der Waals surface area contributed by atoms with Crippen LogP contribution >= 0.6 is 11.6 Å². The molecule has 90 valence electrons. The Morgan fingerprint density at radius 3 is 2.82 bits per heavy atom. The van der Waals surface area contributed by atoms with Crippen LogP contribution in [0.15, 0.2) is 30.1 Å². The highest BCUT2D eigenvalue weighted by molar-refractivity contribution is 6.32. The van der Waals surface area contributed by atoms with Gasteiger partial charge in [0.15, 0.2) is 10.9 Å². The van der Waals surface area contributed by atoms with Gasteiger partial charge in [0, 0.05) is 24.4 Å². The van der Waals surface area contributed by atoms with E-state index in [1.807, 2.05) is 12.1 Å². The van der Waals surface area contributed by atoms with Gasteiger partial charge in [0.25, 0.3) is 0 Å². The van der Waals surface area contributed by atoms with E-state index >= 15 is 0 Å². The first-order chi connectivity index (χ1) is 7.96. The van der Waals surface area contributed by atoms with Crippen LogP contribution in [0.25, 0.3) is 0 Å². The fourth-order valence-corrected chi connectivity index (χ4v) is 2.25. The van der Waals surface area contributed by atoms with Gasteiger partial charge in [0.05, 0.1) is 5.69 Å². The first kappa shape index (κ1) is 12.1. The lowest BCUT2D eigenvalue weighted by Gasteiger charge is -2.29. The third-order valence-corrected chi connectivity index (χ3v) is 3.01. The van der Waals surface area contributed by atoms with Crippen molar-refractivity contribution < 1.29 is 4.79 Å². The Hall–Kier alpha value is -1.35. The van der Waals surface area contributed by atoms with Crippen molar-refractivity contribution in [2.24, 2.45) is 5.41 Å². The molecule has 0 atom stereocenters. The summed E-state index contributed by atoms with van der Waals surface area (Å²) >= 11 is 5.97. The highest BCUT2D eigenvalue weighted by atomic mass is 35.5. The Bertz CT molecular complexity index is 480. The normalized spacial score (nSPS) is 18.8. The molecule has 1 heterocycles. The van der Waals surface area contributed by atoms with Crippen molar-refractivity contribution in [3.63, 3.8) is 0 Å². The topological polar surface area (TPSA) is 42.0 Å². The molecule has 0 unspecified atom stereocenters. The number of hydrogen-bond donors (Lipinski definition) is 1. The Morgan fingerprint density at radius 1 is 1.41 bits per heavy atom. The molecule has 0 bridgehead atoms. The van der Waals surface area contributed by atoms with Crippen LogP contribution in [-0.2, 0) is 4.79 Å². The van der Waals surface area contributed by atoms with E-state index in [9.17, 15) is 4.79 Å². The van der Waals surface area contributed by atoms with Crippen LogP contribution in [0.4, 0.5) is 5.69 Å². The number of hydrogen-bond acceptors (Lipinski definition) is 3. The zero-order chi connectivity index (χ0) is 12.5. The van der Waals surface area contributed by atoms with E-state index < -0.39 is 0 Å². The van der Waals surface area contributed by atoms with E-state index in [-0.39, 0.29) is 11.2 Å². The van der Waals surface area contributed by atoms with Crippen molar-refractivity contribution in [3.05, 3.63) is 35.3 Å². The number of aromatic nitrogens is 1. The molecule has 1 aromatic heterocycles. The maximum absolute atomic E-state index is 11.6. The van der Waals surface area contributed by atoms with Crippen LogP contribution in [0.1, 0.15) is 26.7 Å². The van der Waals surface area contributed by atoms with Crippen LogP contribution in [0.2, 0.25) is 5.15 Å². The molecule has 4 heteroatoms. The first-order valence-corrected chi connectivity index (χ1v) is 5.95. The van der Waals surface area contributed by atoms with Gasteiger partial charge in [-0.05, 0) is 24.0 Å². The van der Waals surface area contributed by atoms with E-state index in [0.717, 1.165) is 17.8 Å². The van der Waals surface area contributed by atoms with Crippen molar-refractivity contribution in [1.29, 1.82) is 0 Å². The molecule has 0 aromatic carbocycles. The van der Waals surface area contributed by atoms with Crippen LogP contribution in [0, 0.1) is 5.41 Å². The van der Waals surface area contributed by atoms with Gasteiger partial charge in [-0.1, -0.05) is 25.4 Å². The Labute approximate surface area is 106 Å². The minimum Gasteiger partial charge on any atom is -0.356 e. The highest BCUT2D eigenvalue weighted by Crippen LogP contribution is 2.34. The Morgan fingerprint density at radius 2 is 2.18 bits per heavy atom. The van der Waals surface area contributed by atoms with Crippen LogP contribution in [-0.4, -0.2) is 10.8 Å². The van der Waals surface area contributed by atoms with Gasteiger partial charge in [-0.15, -0.1) is 0 Å². The second kappa shape index (κ2) is 4.49. The molecule has 0 radical (unpaired) electrons. The van der Waals surface area contributed by atoms with Crippen LogP contribution < -0.4 is 5.32 Å². The molecule has 0 spiro atoms. The molecule has 1 aliphatic carbocycles. The maximum atomic E-state index is 11.6. The predicted octanol–water partition coefficient (Wildman–Crippen LogP) is 3.42. The van der Waals surface area contributed by atoms with Gasteiger partial charge in [-0.25, -0.2) is 4.98 Å². The molecular weight excluding hydrogens is 236 g/mol. The Kier molecular flexibility index (Phi) is 3.20. The number of rotatable bonds is 2. The molecule has 0 amide bonds. The minimum absolute atomic E-state index is 0.00283. The summed E-state index contributed by atoms with van der Waals surface area (Å²) in [7, 11) is 0. The zero-order valence-electron chi connectivity index (χ0n) is 9.96. The number of halogens is 1. The van der Waals surface area contributed by atoms with Crippen molar-refractivity contribution in [3.8, 4) is 0 Å². The molecular formula is C13H15ClN2O. The summed E-state index contributed by atoms with van der Waals surface area (Å²) in [5.41, 5.74) is 1.65. The number of carbonyl (C=O) groups excluding carboxylic acids is 1. The third kappa shape index (κ3) is 3.07. The van der Waals surface area contributed by atoms with Gasteiger partial charge in [-0.3, -0.25) is 4.79 Å². The first-order valence-electron chi connectivity index (χ1n) is 5.57. The zero-order valence-corrected chi connectivity index (χ0v) is 10.7. The quantitative estimate of drug-likeness (QED) is 0.818. The van der Waals surface area contributed by atoms with E-state index in [1.165, 1.54) is 0 Å². The molecule has 1 aliphatic rings. The van der Waals surface area contributed by atoms with Gasteiger partial charge in [0.2, 0.25) is 0 Å². The third-order valence-electron chi connectivity index (χ3n) is 2.71. The molecule has 0 saturated heterocycles. The van der Waals surface area contributed by atoms with E-state index in [0.29, 0.717) is 11.6 Å². The van der Waals surface area contributed by atoms with Crippen LogP contribution in [0.5, 0.6) is 0 Å². The van der Waals surface area contributed by atoms with E-state index in [4.69, 9.17) is 11.6 Å². The number of anilines is 1. The summed E-state index contributed by atoms with van der Waals surface area (Å²) in [5, 5.41) is 3.60. The number of nitrogens with zero attached hydrogens (tertiary/aromatic N) is 1. The molecule has 0 saturated carbocycles. The van der Waals surface area contributed by atoms with Gasteiger partial charge < -0.3 is 5.32 Å². The fourth-order valence-electron chi connectivity index (χ4n) is 2.08. The predicted molar refractivity (Wildman–Crippen MR) is 69.0 cm³/mol. The summed E-state index contributed by atoms with van der Waals surface area (Å²) in [4.78, 5) is 15.6. The minimum atomic E-state index is 0.00283. The van der Waals surface area contributed by atoms with Gasteiger partial charge in [-0.2, -0.15) is 0 Å². The largest absolute Gasteiger partial charge is 0.356 e. The molecule has 17 heavy (non-hydrogen) atoms. The summed E-state index contributed by atoms with van der Waals surface area (Å²) in [6.07, 6.45) is 4.73. The molecule has 0 fully saturated rings. The van der Waals surface area contributed by atoms with Crippen molar-refractivity contribution >= 4 is 23.1 Å². The lowest BCUT2D eigenvalue weighted by molar-refractivity contribution is -0.117. The molecule has 0 aliphatic heterocycles. The molecule has 1 N–H and O–H groups in total. The smallest absolute Gasteiger partial charge is 0.157 e. The van der Waals surface area contributed by atoms with E-state index in [2.05, 4.69) is 24.1 Å². The van der Waals surface area contributed by atoms with Crippen LogP contribution in [0.3, 0.4) is 0 Å². The lowest BCUT2D eigenvalue weighted by Crippen LogP contribution is -2.24. The molecule has 2 rings (SSSR count). The lowest BCUT2D eigenvalue weighted by atomic mass is 9.79. The van der Waals surface area contributed by atoms with Gasteiger partial charge >= 0.3 is 0 Å². The fraction of sp³-hybridized carbons (Fsp3) is 0.385. The number of pyridine rings is 1. The van der Waals surface area contributed by atoms with Crippen molar-refractivity contribution in [2.45, 2.75) is 26.7 Å². The summed E-state index contributed by atoms with van der Waals surface area (Å²) in [5.74, 6) is 0.156. The molecule has 1 aromatic rings. The summed E-state index contributed by atoms with van der Waals surface area (Å²) in [6, 6.07) is 3.66. The summed E-state index contributed by atoms with van der Waals surface area (Å²) < 4.78 is 0. The second-order valence-corrected chi connectivity index (χ2v) is 5.48. The van der Waals surface area contributed by atoms with Crippen molar-refractivity contribution in [1.82, 2.24) is 4.98 Å². The second-order valence-electron chi connectivity index (χ2n) is 5.12. The maximum Gasteiger partial charge on any atom is 0.157 e. The number of nitrogens with one attached hydrogen (secondary N) is 1. The number of ketones is 1. The average molecular weight is 251 g/mol. The average Bonchev–Trinajstić information content (AvgIpc) is 2.18. The standard InChI is InChI=1S/C13H15ClN2O/c1-13(2)7-9(6-10(17)8-13)16-11-4-3-5-15-12(11)14/h3-6,16H,7-8H2,1-2H3. The highest BCUT2D eigenvalue weighted by Gasteiger charge is 2.27.